The van der Waals surface area contributed by atoms with Gasteiger partial charge in [-0.3, -0.25) is 4.79 Å². The summed E-state index contributed by atoms with van der Waals surface area (Å²) in [5.74, 6) is 0.663. The van der Waals surface area contributed by atoms with E-state index in [1.807, 2.05) is 31.2 Å². The molecular weight excluding hydrogens is 186 g/mol. The third kappa shape index (κ3) is 3.74. The van der Waals surface area contributed by atoms with Crippen LogP contribution in [-0.4, -0.2) is 12.5 Å². The van der Waals surface area contributed by atoms with Crippen molar-refractivity contribution in [2.75, 3.05) is 6.54 Å². The second kappa shape index (κ2) is 5.54. The normalized spacial score (nSPS) is 10.4. The summed E-state index contributed by atoms with van der Waals surface area (Å²) in [6.07, 6.45) is 1.03. The second-order valence-corrected chi connectivity index (χ2v) is 4.25. The Hall–Kier alpha value is -1.31. The number of benzene rings is 1. The van der Waals surface area contributed by atoms with E-state index >= 15 is 0 Å². The number of nitrogens with one attached hydrogen (secondary N) is 1. The van der Waals surface area contributed by atoms with Gasteiger partial charge in [-0.2, -0.15) is 0 Å². The summed E-state index contributed by atoms with van der Waals surface area (Å²) in [6.45, 7) is 7.02. The maximum atomic E-state index is 11.7. The zero-order valence-electron chi connectivity index (χ0n) is 9.71. The quantitative estimate of drug-likeness (QED) is 0.804. The monoisotopic (exact) mass is 205 g/mol. The van der Waals surface area contributed by atoms with Crippen LogP contribution in [0.3, 0.4) is 0 Å². The molecule has 1 aromatic carbocycles. The lowest BCUT2D eigenvalue weighted by Gasteiger charge is -2.08. The van der Waals surface area contributed by atoms with E-state index in [4.69, 9.17) is 0 Å². The number of carbonyl (C=O) groups is 1. The first kappa shape index (κ1) is 11.8. The Labute approximate surface area is 91.7 Å². The molecule has 0 aromatic heterocycles. The van der Waals surface area contributed by atoms with Crippen molar-refractivity contribution in [1.82, 2.24) is 5.32 Å². The smallest absolute Gasteiger partial charge is 0.251 e. The summed E-state index contributed by atoms with van der Waals surface area (Å²) in [7, 11) is 0. The van der Waals surface area contributed by atoms with Gasteiger partial charge in [0.15, 0.2) is 0 Å². The number of hydrogen-bond donors (Lipinski definition) is 1. The van der Waals surface area contributed by atoms with Crippen molar-refractivity contribution in [3.8, 4) is 0 Å². The van der Waals surface area contributed by atoms with Crippen LogP contribution in [0.4, 0.5) is 0 Å². The summed E-state index contributed by atoms with van der Waals surface area (Å²) in [6, 6.07) is 7.65. The molecule has 0 saturated heterocycles. The molecule has 1 aromatic rings. The fraction of sp³-hybridized carbons (Fsp3) is 0.462. The van der Waals surface area contributed by atoms with Gasteiger partial charge in [0.1, 0.15) is 0 Å². The van der Waals surface area contributed by atoms with Crippen molar-refractivity contribution in [2.24, 2.45) is 5.92 Å². The largest absolute Gasteiger partial charge is 0.352 e. The summed E-state index contributed by atoms with van der Waals surface area (Å²) in [5, 5.41) is 2.93. The first-order chi connectivity index (χ1) is 7.11. The predicted molar refractivity (Wildman–Crippen MR) is 63.0 cm³/mol. The minimum atomic E-state index is 0.0359. The second-order valence-electron chi connectivity index (χ2n) is 4.25. The van der Waals surface area contributed by atoms with Gasteiger partial charge in [0.2, 0.25) is 0 Å². The fourth-order valence-electron chi connectivity index (χ4n) is 1.40. The molecule has 0 aliphatic rings. The van der Waals surface area contributed by atoms with Gasteiger partial charge < -0.3 is 5.32 Å². The minimum Gasteiger partial charge on any atom is -0.352 e. The Balaban J connectivity index is 2.51. The first-order valence-electron chi connectivity index (χ1n) is 5.45. The highest BCUT2D eigenvalue weighted by molar-refractivity contribution is 5.95. The number of carbonyl (C=O) groups excluding carboxylic acids is 1. The van der Waals surface area contributed by atoms with Crippen molar-refractivity contribution < 1.29 is 4.79 Å². The Morgan fingerprint density at radius 1 is 1.33 bits per heavy atom. The van der Waals surface area contributed by atoms with Crippen LogP contribution in [-0.2, 0) is 0 Å². The molecule has 2 nitrogen and oxygen atoms in total. The first-order valence-corrected chi connectivity index (χ1v) is 5.45. The van der Waals surface area contributed by atoms with Gasteiger partial charge in [-0.15, -0.1) is 0 Å². The highest BCUT2D eigenvalue weighted by Gasteiger charge is 2.06. The van der Waals surface area contributed by atoms with E-state index in [-0.39, 0.29) is 5.91 Å². The van der Waals surface area contributed by atoms with Gasteiger partial charge in [-0.05, 0) is 30.9 Å². The van der Waals surface area contributed by atoms with Crippen molar-refractivity contribution in [3.05, 3.63) is 35.4 Å². The molecule has 0 aliphatic heterocycles. The van der Waals surface area contributed by atoms with Gasteiger partial charge in [0, 0.05) is 12.1 Å². The fourth-order valence-corrected chi connectivity index (χ4v) is 1.40. The molecule has 1 amide bonds. The van der Waals surface area contributed by atoms with Crippen LogP contribution < -0.4 is 5.32 Å². The van der Waals surface area contributed by atoms with Crippen LogP contribution in [0.1, 0.15) is 36.2 Å². The average Bonchev–Trinajstić information content (AvgIpc) is 2.17. The SMILES string of the molecule is Cc1ccccc1C(=O)NCCC(C)C. The van der Waals surface area contributed by atoms with Crippen LogP contribution in [0, 0.1) is 12.8 Å². The number of amides is 1. The van der Waals surface area contributed by atoms with Crippen LogP contribution in [0.15, 0.2) is 24.3 Å². The molecule has 1 N–H and O–H groups in total. The van der Waals surface area contributed by atoms with Crippen molar-refractivity contribution in [1.29, 1.82) is 0 Å². The molecule has 0 heterocycles. The van der Waals surface area contributed by atoms with Gasteiger partial charge >= 0.3 is 0 Å². The van der Waals surface area contributed by atoms with E-state index < -0.39 is 0 Å². The molecule has 0 radical (unpaired) electrons. The lowest BCUT2D eigenvalue weighted by atomic mass is 10.1. The van der Waals surface area contributed by atoms with E-state index in [0.717, 1.165) is 24.1 Å². The summed E-state index contributed by atoms with van der Waals surface area (Å²) in [5.41, 5.74) is 1.81. The Kier molecular flexibility index (Phi) is 4.35. The molecule has 0 atom stereocenters. The van der Waals surface area contributed by atoms with Crippen LogP contribution in [0.25, 0.3) is 0 Å². The van der Waals surface area contributed by atoms with E-state index in [1.54, 1.807) is 0 Å². The van der Waals surface area contributed by atoms with Gasteiger partial charge in [-0.1, -0.05) is 32.0 Å². The van der Waals surface area contributed by atoms with Gasteiger partial charge in [0.25, 0.3) is 5.91 Å². The average molecular weight is 205 g/mol. The standard InChI is InChI=1S/C13H19NO/c1-10(2)8-9-14-13(15)12-7-5-4-6-11(12)3/h4-7,10H,8-9H2,1-3H3,(H,14,15). The van der Waals surface area contributed by atoms with E-state index in [0.29, 0.717) is 5.92 Å². The number of aryl methyl sites for hydroxylation is 1. The Morgan fingerprint density at radius 3 is 2.60 bits per heavy atom. The molecule has 15 heavy (non-hydrogen) atoms. The van der Waals surface area contributed by atoms with E-state index in [2.05, 4.69) is 19.2 Å². The highest BCUT2D eigenvalue weighted by Crippen LogP contribution is 2.06. The molecule has 2 heteroatoms. The van der Waals surface area contributed by atoms with E-state index in [1.165, 1.54) is 0 Å². The summed E-state index contributed by atoms with van der Waals surface area (Å²) >= 11 is 0. The van der Waals surface area contributed by atoms with Crippen molar-refractivity contribution in [3.63, 3.8) is 0 Å². The molecule has 0 saturated carbocycles. The Bertz CT molecular complexity index is 331. The third-order valence-electron chi connectivity index (χ3n) is 2.40. The molecule has 0 fully saturated rings. The molecule has 0 unspecified atom stereocenters. The highest BCUT2D eigenvalue weighted by atomic mass is 16.1. The van der Waals surface area contributed by atoms with Crippen LogP contribution in [0.2, 0.25) is 0 Å². The van der Waals surface area contributed by atoms with Gasteiger partial charge in [-0.25, -0.2) is 0 Å². The number of hydrogen-bond acceptors (Lipinski definition) is 1. The molecule has 0 aliphatic carbocycles. The molecular formula is C13H19NO. The van der Waals surface area contributed by atoms with Crippen molar-refractivity contribution in [2.45, 2.75) is 27.2 Å². The van der Waals surface area contributed by atoms with Crippen molar-refractivity contribution >= 4 is 5.91 Å². The zero-order valence-corrected chi connectivity index (χ0v) is 9.71. The predicted octanol–water partition coefficient (Wildman–Crippen LogP) is 2.77. The summed E-state index contributed by atoms with van der Waals surface area (Å²) in [4.78, 5) is 11.7. The lowest BCUT2D eigenvalue weighted by Crippen LogP contribution is -2.25. The minimum absolute atomic E-state index is 0.0359. The maximum Gasteiger partial charge on any atom is 0.251 e. The lowest BCUT2D eigenvalue weighted by molar-refractivity contribution is 0.0951. The van der Waals surface area contributed by atoms with Crippen LogP contribution >= 0.6 is 0 Å². The number of rotatable bonds is 4. The molecule has 0 bridgehead atoms. The van der Waals surface area contributed by atoms with Crippen LogP contribution in [0.5, 0.6) is 0 Å². The molecule has 0 spiro atoms. The van der Waals surface area contributed by atoms with Gasteiger partial charge in [0.05, 0.1) is 0 Å². The zero-order chi connectivity index (χ0) is 11.3. The third-order valence-corrected chi connectivity index (χ3v) is 2.40. The topological polar surface area (TPSA) is 29.1 Å². The van der Waals surface area contributed by atoms with E-state index in [9.17, 15) is 4.79 Å². The Morgan fingerprint density at radius 2 is 2.00 bits per heavy atom. The molecule has 1 rings (SSSR count). The maximum absolute atomic E-state index is 11.7. The summed E-state index contributed by atoms with van der Waals surface area (Å²) < 4.78 is 0. The molecule has 82 valence electrons.